The van der Waals surface area contributed by atoms with Crippen LogP contribution in [0.3, 0.4) is 0 Å². The molecule has 1 aliphatic heterocycles. The molecule has 2 rings (SSSR count). The highest BCUT2D eigenvalue weighted by Crippen LogP contribution is 2.25. The fourth-order valence-corrected chi connectivity index (χ4v) is 3.48. The van der Waals surface area contributed by atoms with Crippen LogP contribution >= 0.6 is 11.3 Å². The van der Waals surface area contributed by atoms with Gasteiger partial charge in [0.05, 0.1) is 15.4 Å². The van der Waals surface area contributed by atoms with Crippen LogP contribution in [0.2, 0.25) is 0 Å². The zero-order valence-corrected chi connectivity index (χ0v) is 14.3. The maximum Gasteiger partial charge on any atom is 0.324 e. The molecule has 23 heavy (non-hydrogen) atoms. The number of piperazine rings is 1. The predicted molar refractivity (Wildman–Crippen MR) is 88.8 cm³/mol. The number of thiophene rings is 1. The number of rotatable bonds is 6. The highest BCUT2D eigenvalue weighted by atomic mass is 32.1. The number of hydrogen-bond donors (Lipinski definition) is 1. The molecule has 0 bridgehead atoms. The van der Waals surface area contributed by atoms with Gasteiger partial charge in [-0.15, -0.1) is 0 Å². The summed E-state index contributed by atoms with van der Waals surface area (Å²) in [5.41, 5.74) is -0.666. The van der Waals surface area contributed by atoms with E-state index in [2.05, 4.69) is 4.90 Å². The minimum absolute atomic E-state index is 0.0112. The minimum Gasteiger partial charge on any atom is -0.389 e. The van der Waals surface area contributed by atoms with E-state index in [0.29, 0.717) is 50.4 Å². The van der Waals surface area contributed by atoms with E-state index in [1.807, 2.05) is 13.8 Å². The standard InChI is InChI=1S/C15H23N3O4S/c1-3-15(20,4-2)11-16-7-9-17(10-8-16)14(19)12-5-6-13(23-12)18(21)22/h5-6,20H,3-4,7-11H2,1-2H3. The first kappa shape index (κ1) is 17.8. The fraction of sp³-hybridized carbons (Fsp3) is 0.667. The zero-order chi connectivity index (χ0) is 17.0. The number of nitro groups is 1. The Balaban J connectivity index is 1.90. The summed E-state index contributed by atoms with van der Waals surface area (Å²) in [6.07, 6.45) is 1.42. The fourth-order valence-electron chi connectivity index (χ4n) is 2.70. The van der Waals surface area contributed by atoms with Crippen LogP contribution in [0.5, 0.6) is 0 Å². The van der Waals surface area contributed by atoms with Gasteiger partial charge in [0.2, 0.25) is 0 Å². The van der Waals surface area contributed by atoms with Crippen LogP contribution in [0.25, 0.3) is 0 Å². The van der Waals surface area contributed by atoms with E-state index in [-0.39, 0.29) is 10.9 Å². The van der Waals surface area contributed by atoms with E-state index < -0.39 is 10.5 Å². The smallest absolute Gasteiger partial charge is 0.324 e. The van der Waals surface area contributed by atoms with Gasteiger partial charge in [0.25, 0.3) is 5.91 Å². The lowest BCUT2D eigenvalue weighted by molar-refractivity contribution is -0.380. The van der Waals surface area contributed by atoms with Crippen molar-refractivity contribution in [1.82, 2.24) is 9.80 Å². The van der Waals surface area contributed by atoms with Gasteiger partial charge in [-0.3, -0.25) is 19.8 Å². The first-order chi connectivity index (χ1) is 10.9. The number of amides is 1. The van der Waals surface area contributed by atoms with Crippen LogP contribution in [0.15, 0.2) is 12.1 Å². The highest BCUT2D eigenvalue weighted by molar-refractivity contribution is 7.17. The molecule has 0 unspecified atom stereocenters. The van der Waals surface area contributed by atoms with Gasteiger partial charge >= 0.3 is 5.00 Å². The van der Waals surface area contributed by atoms with Crippen LogP contribution in [0.1, 0.15) is 36.4 Å². The van der Waals surface area contributed by atoms with Crippen LogP contribution in [0, 0.1) is 10.1 Å². The van der Waals surface area contributed by atoms with Gasteiger partial charge in [-0.05, 0) is 18.9 Å². The molecule has 0 aliphatic carbocycles. The number of carbonyl (C=O) groups is 1. The molecule has 1 amide bonds. The second-order valence-corrected chi connectivity index (χ2v) is 6.96. The molecule has 8 heteroatoms. The maximum absolute atomic E-state index is 12.4. The van der Waals surface area contributed by atoms with Crippen molar-refractivity contribution in [1.29, 1.82) is 0 Å². The quantitative estimate of drug-likeness (QED) is 0.631. The molecular weight excluding hydrogens is 318 g/mol. The molecule has 1 aromatic rings. The maximum atomic E-state index is 12.4. The summed E-state index contributed by atoms with van der Waals surface area (Å²) in [5.74, 6) is -0.149. The van der Waals surface area contributed by atoms with Crippen molar-refractivity contribution in [2.45, 2.75) is 32.3 Å². The molecule has 1 aliphatic rings. The van der Waals surface area contributed by atoms with Gasteiger partial charge in [0, 0.05) is 38.8 Å². The van der Waals surface area contributed by atoms with E-state index in [9.17, 15) is 20.0 Å². The highest BCUT2D eigenvalue weighted by Gasteiger charge is 2.29. The Bertz CT molecular complexity index is 563. The van der Waals surface area contributed by atoms with Crippen molar-refractivity contribution in [3.8, 4) is 0 Å². The van der Waals surface area contributed by atoms with Gasteiger partial charge in [-0.25, -0.2) is 0 Å². The van der Waals surface area contributed by atoms with Crippen molar-refractivity contribution in [2.24, 2.45) is 0 Å². The van der Waals surface area contributed by atoms with E-state index in [1.54, 1.807) is 4.90 Å². The van der Waals surface area contributed by atoms with Crippen molar-refractivity contribution in [3.05, 3.63) is 27.1 Å². The van der Waals surface area contributed by atoms with Crippen LogP contribution in [-0.2, 0) is 0 Å². The predicted octanol–water partition coefficient (Wildman–Crippen LogP) is 1.97. The number of aliphatic hydroxyl groups is 1. The first-order valence-electron chi connectivity index (χ1n) is 7.87. The van der Waals surface area contributed by atoms with Crippen molar-refractivity contribution in [2.75, 3.05) is 32.7 Å². The Kier molecular flexibility index (Phi) is 5.72. The third-order valence-electron chi connectivity index (χ3n) is 4.48. The lowest BCUT2D eigenvalue weighted by Gasteiger charge is -2.38. The lowest BCUT2D eigenvalue weighted by Crippen LogP contribution is -2.52. The Morgan fingerprint density at radius 1 is 1.30 bits per heavy atom. The Morgan fingerprint density at radius 2 is 1.91 bits per heavy atom. The SMILES string of the molecule is CCC(O)(CC)CN1CCN(C(=O)c2ccc([N+](=O)[O-])s2)CC1. The zero-order valence-electron chi connectivity index (χ0n) is 13.5. The molecule has 0 spiro atoms. The van der Waals surface area contributed by atoms with Gasteiger partial charge in [0.1, 0.15) is 0 Å². The van der Waals surface area contributed by atoms with Gasteiger partial charge in [-0.1, -0.05) is 25.2 Å². The molecule has 0 aromatic carbocycles. The van der Waals surface area contributed by atoms with E-state index >= 15 is 0 Å². The van der Waals surface area contributed by atoms with Gasteiger partial charge in [-0.2, -0.15) is 0 Å². The summed E-state index contributed by atoms with van der Waals surface area (Å²) in [6.45, 7) is 7.15. The number of carbonyl (C=O) groups excluding carboxylic acids is 1. The van der Waals surface area contributed by atoms with Gasteiger partial charge < -0.3 is 10.0 Å². The van der Waals surface area contributed by atoms with Crippen molar-refractivity contribution < 1.29 is 14.8 Å². The Morgan fingerprint density at radius 3 is 2.39 bits per heavy atom. The molecule has 0 radical (unpaired) electrons. The molecule has 1 saturated heterocycles. The molecule has 1 fully saturated rings. The Labute approximate surface area is 139 Å². The van der Waals surface area contributed by atoms with Crippen molar-refractivity contribution in [3.63, 3.8) is 0 Å². The summed E-state index contributed by atoms with van der Waals surface area (Å²) in [4.78, 5) is 26.9. The lowest BCUT2D eigenvalue weighted by atomic mass is 9.96. The van der Waals surface area contributed by atoms with Crippen LogP contribution in [0.4, 0.5) is 5.00 Å². The summed E-state index contributed by atoms with van der Waals surface area (Å²) in [5, 5.41) is 21.1. The summed E-state index contributed by atoms with van der Waals surface area (Å²) in [7, 11) is 0. The second kappa shape index (κ2) is 7.37. The number of β-amino-alcohol motifs (C(OH)–C–C–N with tert-alkyl or cyclic N) is 1. The number of nitrogens with zero attached hydrogens (tertiary/aromatic N) is 3. The summed E-state index contributed by atoms with van der Waals surface area (Å²) in [6, 6.07) is 2.89. The second-order valence-electron chi connectivity index (χ2n) is 5.89. The monoisotopic (exact) mass is 341 g/mol. The normalized spacial score (nSPS) is 16.6. The Hall–Kier alpha value is -1.51. The molecule has 7 nitrogen and oxygen atoms in total. The minimum atomic E-state index is -0.666. The average Bonchev–Trinajstić information content (AvgIpc) is 3.05. The molecular formula is C15H23N3O4S. The third-order valence-corrected chi connectivity index (χ3v) is 5.50. The topological polar surface area (TPSA) is 86.9 Å². The van der Waals surface area contributed by atoms with E-state index in [0.717, 1.165) is 11.3 Å². The average molecular weight is 341 g/mol. The van der Waals surface area contributed by atoms with E-state index in [1.165, 1.54) is 12.1 Å². The van der Waals surface area contributed by atoms with Crippen LogP contribution in [-0.4, -0.2) is 64.1 Å². The van der Waals surface area contributed by atoms with Crippen LogP contribution < -0.4 is 0 Å². The molecule has 2 heterocycles. The summed E-state index contributed by atoms with van der Waals surface area (Å²) >= 11 is 0.917. The largest absolute Gasteiger partial charge is 0.389 e. The van der Waals surface area contributed by atoms with Gasteiger partial charge in [0.15, 0.2) is 0 Å². The van der Waals surface area contributed by atoms with Crippen molar-refractivity contribution >= 4 is 22.2 Å². The molecule has 0 atom stereocenters. The molecule has 1 aromatic heterocycles. The summed E-state index contributed by atoms with van der Waals surface area (Å²) < 4.78 is 0. The first-order valence-corrected chi connectivity index (χ1v) is 8.68. The number of hydrogen-bond acceptors (Lipinski definition) is 6. The molecule has 128 valence electrons. The van der Waals surface area contributed by atoms with E-state index in [4.69, 9.17) is 0 Å². The molecule has 1 N–H and O–H groups in total. The third kappa shape index (κ3) is 4.27. The molecule has 0 saturated carbocycles.